The third-order valence-electron chi connectivity index (χ3n) is 2.70. The zero-order valence-electron chi connectivity index (χ0n) is 8.75. The van der Waals surface area contributed by atoms with Crippen LogP contribution in [0.15, 0.2) is 23.1 Å². The second kappa shape index (κ2) is 4.30. The van der Waals surface area contributed by atoms with Crippen molar-refractivity contribution >= 4 is 18.5 Å². The van der Waals surface area contributed by atoms with E-state index in [1.54, 1.807) is 7.11 Å². The number of ether oxygens (including phenoxy) is 1. The smallest absolute Gasteiger partial charge is 0.142 e. The van der Waals surface area contributed by atoms with Gasteiger partial charge in [-0.3, -0.25) is 0 Å². The highest BCUT2D eigenvalue weighted by Crippen LogP contribution is 2.31. The van der Waals surface area contributed by atoms with E-state index in [0.29, 0.717) is 0 Å². The van der Waals surface area contributed by atoms with E-state index < -0.39 is 0 Å². The van der Waals surface area contributed by atoms with Crippen LogP contribution >= 0.6 is 11.8 Å². The molecule has 1 aromatic carbocycles. The number of hydrogen-bond donors (Lipinski definition) is 0. The summed E-state index contributed by atoms with van der Waals surface area (Å²) in [5.41, 5.74) is 1.46. The summed E-state index contributed by atoms with van der Waals surface area (Å²) in [6.45, 7) is 3.13. The van der Waals surface area contributed by atoms with Crippen LogP contribution in [-0.4, -0.2) is 19.6 Å². The third kappa shape index (κ3) is 2.09. The van der Waals surface area contributed by atoms with Gasteiger partial charge in [0, 0.05) is 4.90 Å². The molecule has 3 heteroatoms. The molecule has 0 spiro atoms. The third-order valence-corrected chi connectivity index (χ3v) is 3.85. The van der Waals surface area contributed by atoms with Gasteiger partial charge in [-0.2, -0.15) is 0 Å². The molecular formula is C11H15BOS. The molecule has 0 fully saturated rings. The normalized spacial score (nSPS) is 16.0. The highest BCUT2D eigenvalue weighted by molar-refractivity contribution is 7.99. The Morgan fingerprint density at radius 3 is 3.07 bits per heavy atom. The van der Waals surface area contributed by atoms with Crippen LogP contribution in [0.1, 0.15) is 5.56 Å². The van der Waals surface area contributed by atoms with Crippen LogP contribution in [0.4, 0.5) is 0 Å². The molecule has 0 N–H and O–H groups in total. The highest BCUT2D eigenvalue weighted by Gasteiger charge is 2.16. The minimum absolute atomic E-state index is 0.802. The molecule has 0 unspecified atom stereocenters. The Morgan fingerprint density at radius 2 is 2.29 bits per heavy atom. The van der Waals surface area contributed by atoms with Gasteiger partial charge in [-0.15, -0.1) is 11.8 Å². The van der Waals surface area contributed by atoms with Gasteiger partial charge in [-0.1, -0.05) is 13.1 Å². The Labute approximate surface area is 90.3 Å². The zero-order chi connectivity index (χ0) is 9.97. The van der Waals surface area contributed by atoms with Gasteiger partial charge in [-0.05, 0) is 35.8 Å². The number of thioether (sulfide) groups is 1. The van der Waals surface area contributed by atoms with E-state index >= 15 is 0 Å². The van der Waals surface area contributed by atoms with E-state index in [9.17, 15) is 0 Å². The Balaban J connectivity index is 2.32. The van der Waals surface area contributed by atoms with Gasteiger partial charge >= 0.3 is 0 Å². The van der Waals surface area contributed by atoms with Crippen molar-refractivity contribution in [2.24, 2.45) is 0 Å². The molecule has 2 rings (SSSR count). The molecule has 1 nitrogen and oxygen atoms in total. The maximum Gasteiger partial charge on any atom is 0.142 e. The average molecular weight is 206 g/mol. The van der Waals surface area contributed by atoms with Gasteiger partial charge in [0.15, 0.2) is 0 Å². The second-order valence-corrected chi connectivity index (χ2v) is 5.06. The molecule has 1 heterocycles. The summed E-state index contributed by atoms with van der Waals surface area (Å²) in [7, 11) is 1.73. The van der Waals surface area contributed by atoms with Crippen LogP contribution in [0, 0.1) is 0 Å². The van der Waals surface area contributed by atoms with Gasteiger partial charge in [0.1, 0.15) is 12.5 Å². The standard InChI is InChI=1S/C11H15BOS/c1-12-5-6-14-11-4-3-10(13-2)7-9(11)8-12/h3-4,7H,5-6,8H2,1-2H3. The van der Waals surface area contributed by atoms with E-state index in [1.807, 2.05) is 11.8 Å². The molecule has 0 atom stereocenters. The fraction of sp³-hybridized carbons (Fsp3) is 0.455. The number of fused-ring (bicyclic) bond motifs is 1. The first-order valence-corrected chi connectivity index (χ1v) is 6.08. The fourth-order valence-electron chi connectivity index (χ4n) is 1.83. The molecule has 0 saturated carbocycles. The molecule has 0 bridgehead atoms. The van der Waals surface area contributed by atoms with E-state index in [2.05, 4.69) is 25.0 Å². The molecular weight excluding hydrogens is 191 g/mol. The summed E-state index contributed by atoms with van der Waals surface area (Å²) in [6.07, 6.45) is 2.52. The van der Waals surface area contributed by atoms with Crippen molar-refractivity contribution in [3.63, 3.8) is 0 Å². The number of rotatable bonds is 1. The maximum atomic E-state index is 5.25. The van der Waals surface area contributed by atoms with Gasteiger partial charge < -0.3 is 4.74 Å². The van der Waals surface area contributed by atoms with Crippen molar-refractivity contribution in [3.8, 4) is 5.75 Å². The van der Waals surface area contributed by atoms with Crippen LogP contribution in [0.3, 0.4) is 0 Å². The first-order chi connectivity index (χ1) is 6.79. The minimum atomic E-state index is 0.802. The molecule has 0 saturated heterocycles. The van der Waals surface area contributed by atoms with Crippen molar-refractivity contribution in [3.05, 3.63) is 23.8 Å². The fourth-order valence-corrected chi connectivity index (χ4v) is 3.06. The van der Waals surface area contributed by atoms with Crippen LogP contribution in [-0.2, 0) is 6.32 Å². The second-order valence-electron chi connectivity index (χ2n) is 3.92. The first-order valence-electron chi connectivity index (χ1n) is 5.09. The lowest BCUT2D eigenvalue weighted by atomic mass is 9.46. The van der Waals surface area contributed by atoms with Crippen LogP contribution < -0.4 is 4.74 Å². The highest BCUT2D eigenvalue weighted by atomic mass is 32.2. The number of hydrogen-bond acceptors (Lipinski definition) is 2. The van der Waals surface area contributed by atoms with Crippen molar-refractivity contribution < 1.29 is 4.74 Å². The summed E-state index contributed by atoms with van der Waals surface area (Å²) < 4.78 is 5.25. The van der Waals surface area contributed by atoms with Crippen molar-refractivity contribution in [2.45, 2.75) is 24.4 Å². The van der Waals surface area contributed by atoms with Crippen molar-refractivity contribution in [2.75, 3.05) is 12.9 Å². The molecule has 14 heavy (non-hydrogen) atoms. The lowest BCUT2D eigenvalue weighted by Gasteiger charge is -2.08. The number of methoxy groups -OCH3 is 1. The molecule has 74 valence electrons. The Bertz CT molecular complexity index is 327. The van der Waals surface area contributed by atoms with Crippen LogP contribution in [0.5, 0.6) is 5.75 Å². The molecule has 1 aliphatic rings. The maximum absolute atomic E-state index is 5.25. The summed E-state index contributed by atoms with van der Waals surface area (Å²) in [5.74, 6) is 2.24. The Hall–Kier alpha value is -0.565. The average Bonchev–Trinajstić information content (AvgIpc) is 2.37. The summed E-state index contributed by atoms with van der Waals surface area (Å²) in [6, 6.07) is 6.43. The Morgan fingerprint density at radius 1 is 1.43 bits per heavy atom. The molecule has 1 aromatic rings. The minimum Gasteiger partial charge on any atom is -0.497 e. The van der Waals surface area contributed by atoms with Crippen molar-refractivity contribution in [1.82, 2.24) is 0 Å². The molecule has 0 aromatic heterocycles. The van der Waals surface area contributed by atoms with Gasteiger partial charge in [-0.25, -0.2) is 0 Å². The summed E-state index contributed by atoms with van der Waals surface area (Å²) >= 11 is 1.98. The summed E-state index contributed by atoms with van der Waals surface area (Å²) in [5, 5.41) is 0. The predicted octanol–water partition coefficient (Wildman–Crippen LogP) is 3.01. The molecule has 0 aliphatic carbocycles. The lowest BCUT2D eigenvalue weighted by Crippen LogP contribution is -2.10. The molecule has 0 radical (unpaired) electrons. The SMILES string of the molecule is COc1ccc2c(c1)CB(C)CCS2. The Kier molecular flexibility index (Phi) is 3.07. The van der Waals surface area contributed by atoms with Crippen molar-refractivity contribution in [1.29, 1.82) is 0 Å². The first kappa shape index (κ1) is 9.97. The van der Waals surface area contributed by atoms with E-state index in [1.165, 1.54) is 28.9 Å². The van der Waals surface area contributed by atoms with Gasteiger partial charge in [0.25, 0.3) is 0 Å². The molecule has 0 amide bonds. The summed E-state index contributed by atoms with van der Waals surface area (Å²) in [4.78, 5) is 1.44. The van der Waals surface area contributed by atoms with Gasteiger partial charge in [0.05, 0.1) is 7.11 Å². The predicted molar refractivity (Wildman–Crippen MR) is 63.8 cm³/mol. The van der Waals surface area contributed by atoms with Crippen LogP contribution in [0.25, 0.3) is 0 Å². The largest absolute Gasteiger partial charge is 0.497 e. The van der Waals surface area contributed by atoms with Gasteiger partial charge in [0.2, 0.25) is 0 Å². The quantitative estimate of drug-likeness (QED) is 0.653. The number of benzene rings is 1. The van der Waals surface area contributed by atoms with E-state index in [0.717, 1.165) is 12.5 Å². The topological polar surface area (TPSA) is 9.23 Å². The van der Waals surface area contributed by atoms with E-state index in [-0.39, 0.29) is 0 Å². The monoisotopic (exact) mass is 206 g/mol. The zero-order valence-corrected chi connectivity index (χ0v) is 9.56. The molecule has 1 aliphatic heterocycles. The van der Waals surface area contributed by atoms with Crippen LogP contribution in [0.2, 0.25) is 13.1 Å². The lowest BCUT2D eigenvalue weighted by molar-refractivity contribution is 0.414. The van der Waals surface area contributed by atoms with E-state index in [4.69, 9.17) is 4.74 Å².